The van der Waals surface area contributed by atoms with Crippen LogP contribution in [0.5, 0.6) is 0 Å². The standard InChI is InChI=1S/C10H7ClF3N6/c1-2-3-5-16-9(14)18-10(17-5)19-20-4-15-8(13)6(12)7(20)11/h2,7H,1,3H2,(H,16,17,18,19). The van der Waals surface area contributed by atoms with Crippen molar-refractivity contribution < 1.29 is 13.2 Å². The minimum atomic E-state index is -1.55. The molecule has 1 aromatic rings. The summed E-state index contributed by atoms with van der Waals surface area (Å²) in [6, 6.07) is 0. The van der Waals surface area contributed by atoms with E-state index in [1.54, 1.807) is 0 Å². The van der Waals surface area contributed by atoms with Crippen molar-refractivity contribution >= 4 is 23.9 Å². The van der Waals surface area contributed by atoms with Gasteiger partial charge in [0.05, 0.1) is 0 Å². The van der Waals surface area contributed by atoms with Gasteiger partial charge in [-0.15, -0.1) is 6.58 Å². The van der Waals surface area contributed by atoms with Crippen molar-refractivity contribution in [2.45, 2.75) is 11.9 Å². The lowest BCUT2D eigenvalue weighted by Crippen LogP contribution is -2.38. The Labute approximate surface area is 116 Å². The second kappa shape index (κ2) is 5.87. The maximum atomic E-state index is 13.2. The number of nitrogens with zero attached hydrogens (tertiary/aromatic N) is 5. The molecule has 0 spiro atoms. The van der Waals surface area contributed by atoms with Gasteiger partial charge in [0.2, 0.25) is 11.9 Å². The molecule has 0 aromatic carbocycles. The van der Waals surface area contributed by atoms with E-state index in [4.69, 9.17) is 11.6 Å². The Balaban J connectivity index is 2.19. The molecule has 10 heteroatoms. The zero-order chi connectivity index (χ0) is 14.7. The predicted octanol–water partition coefficient (Wildman–Crippen LogP) is 1.96. The number of rotatable bonds is 4. The molecule has 1 aliphatic rings. The second-order valence-electron chi connectivity index (χ2n) is 3.51. The van der Waals surface area contributed by atoms with Gasteiger partial charge >= 0.3 is 6.08 Å². The molecular weight excluding hydrogens is 297 g/mol. The summed E-state index contributed by atoms with van der Waals surface area (Å²) in [7, 11) is 0. The average Bonchev–Trinajstić information content (AvgIpc) is 2.39. The van der Waals surface area contributed by atoms with Crippen LogP contribution >= 0.6 is 11.6 Å². The van der Waals surface area contributed by atoms with Crippen LogP contribution in [-0.2, 0) is 6.42 Å². The van der Waals surface area contributed by atoms with Gasteiger partial charge < -0.3 is 0 Å². The van der Waals surface area contributed by atoms with Crippen LogP contribution in [0.2, 0.25) is 0 Å². The Bertz CT molecular complexity index is 590. The van der Waals surface area contributed by atoms with Crippen LogP contribution in [0.3, 0.4) is 0 Å². The second-order valence-corrected chi connectivity index (χ2v) is 3.92. The van der Waals surface area contributed by atoms with Crippen LogP contribution in [0.4, 0.5) is 19.1 Å². The van der Waals surface area contributed by atoms with E-state index in [1.165, 1.54) is 6.08 Å². The highest BCUT2D eigenvalue weighted by Gasteiger charge is 2.27. The maximum Gasteiger partial charge on any atom is 0.313 e. The van der Waals surface area contributed by atoms with Crippen molar-refractivity contribution in [2.24, 2.45) is 4.99 Å². The first-order valence-electron chi connectivity index (χ1n) is 5.24. The molecule has 1 radical (unpaired) electrons. The Kier molecular flexibility index (Phi) is 4.18. The van der Waals surface area contributed by atoms with Gasteiger partial charge in [0, 0.05) is 6.42 Å². The van der Waals surface area contributed by atoms with E-state index in [-0.39, 0.29) is 18.2 Å². The molecule has 1 N–H and O–H groups in total. The van der Waals surface area contributed by atoms with E-state index in [2.05, 4.69) is 38.3 Å². The topological polar surface area (TPSA) is 66.3 Å². The van der Waals surface area contributed by atoms with Crippen LogP contribution < -0.4 is 5.43 Å². The number of aromatic nitrogens is 3. The van der Waals surface area contributed by atoms with E-state index in [9.17, 15) is 13.2 Å². The fraction of sp³-hybridized carbons (Fsp3) is 0.200. The quantitative estimate of drug-likeness (QED) is 0.523. The molecule has 0 bridgehead atoms. The molecule has 1 atom stereocenters. The van der Waals surface area contributed by atoms with Crippen LogP contribution in [0.1, 0.15) is 5.82 Å². The first kappa shape index (κ1) is 14.3. The van der Waals surface area contributed by atoms with Crippen molar-refractivity contribution in [3.63, 3.8) is 0 Å². The number of nitrogens with one attached hydrogen (secondary N) is 1. The number of hydrogen-bond donors (Lipinski definition) is 1. The first-order chi connectivity index (χ1) is 9.51. The van der Waals surface area contributed by atoms with Crippen LogP contribution in [0.15, 0.2) is 29.4 Å². The van der Waals surface area contributed by atoms with Crippen molar-refractivity contribution in [1.82, 2.24) is 20.0 Å². The van der Waals surface area contributed by atoms with Gasteiger partial charge in [0.25, 0.3) is 0 Å². The Morgan fingerprint density at radius 1 is 1.35 bits per heavy atom. The maximum absolute atomic E-state index is 13.2. The van der Waals surface area contributed by atoms with Crippen molar-refractivity contribution in [3.8, 4) is 0 Å². The van der Waals surface area contributed by atoms with E-state index in [1.807, 2.05) is 0 Å². The van der Waals surface area contributed by atoms with Crippen molar-refractivity contribution in [1.29, 1.82) is 0 Å². The molecule has 105 valence electrons. The number of halogens is 4. The third kappa shape index (κ3) is 3.05. The van der Waals surface area contributed by atoms with Gasteiger partial charge in [-0.25, -0.2) is 9.40 Å². The largest absolute Gasteiger partial charge is 0.313 e. The Morgan fingerprint density at radius 2 is 2.10 bits per heavy atom. The third-order valence-electron chi connectivity index (χ3n) is 2.09. The highest BCUT2D eigenvalue weighted by atomic mass is 35.5. The molecule has 0 amide bonds. The van der Waals surface area contributed by atoms with Crippen molar-refractivity contribution in [2.75, 3.05) is 5.43 Å². The normalized spacial score (nSPS) is 18.4. The summed E-state index contributed by atoms with van der Waals surface area (Å²) < 4.78 is 39.2. The van der Waals surface area contributed by atoms with Crippen LogP contribution in [0.25, 0.3) is 0 Å². The summed E-state index contributed by atoms with van der Waals surface area (Å²) in [4.78, 5) is 13.6. The minimum absolute atomic E-state index is 0.109. The van der Waals surface area contributed by atoms with Gasteiger partial charge in [-0.3, -0.25) is 5.43 Å². The van der Waals surface area contributed by atoms with E-state index < -0.39 is 23.4 Å². The summed E-state index contributed by atoms with van der Waals surface area (Å²) in [6.07, 6.45) is 2.70. The Hall–Kier alpha value is -2.16. The van der Waals surface area contributed by atoms with Crippen LogP contribution in [0, 0.1) is 6.08 Å². The molecule has 2 rings (SSSR count). The lowest BCUT2D eigenvalue weighted by molar-refractivity contribution is 0.390. The predicted molar refractivity (Wildman–Crippen MR) is 65.5 cm³/mol. The lowest BCUT2D eigenvalue weighted by Gasteiger charge is -2.25. The number of allylic oxidation sites excluding steroid dienone is 1. The number of alkyl halides is 1. The smallest absolute Gasteiger partial charge is 0.262 e. The third-order valence-corrected chi connectivity index (χ3v) is 2.48. The number of hydrogen-bond acceptors (Lipinski definition) is 6. The highest BCUT2D eigenvalue weighted by molar-refractivity contribution is 6.22. The molecule has 1 unspecified atom stereocenters. The minimum Gasteiger partial charge on any atom is -0.262 e. The summed E-state index contributed by atoms with van der Waals surface area (Å²) in [5.41, 5.74) is 0.794. The van der Waals surface area contributed by atoms with Gasteiger partial charge in [-0.05, 0) is 0 Å². The fourth-order valence-corrected chi connectivity index (χ4v) is 1.45. The Morgan fingerprint density at radius 3 is 2.80 bits per heavy atom. The van der Waals surface area contributed by atoms with Gasteiger partial charge in [-0.1, -0.05) is 17.7 Å². The number of aliphatic imine (C=N–C) groups is 1. The summed E-state index contributed by atoms with van der Waals surface area (Å²) >= 11 is 5.61. The van der Waals surface area contributed by atoms with E-state index in [0.717, 1.165) is 5.01 Å². The average molecular weight is 304 g/mol. The molecule has 1 aromatic heterocycles. The zero-order valence-corrected chi connectivity index (χ0v) is 10.6. The molecule has 20 heavy (non-hydrogen) atoms. The SMILES string of the molecule is C=CCc1nc(F)nc(NN2[C]=NC(F)=C(F)C2Cl)n1. The van der Waals surface area contributed by atoms with E-state index in [0.29, 0.717) is 0 Å². The molecule has 0 aliphatic carbocycles. The molecule has 2 heterocycles. The first-order valence-corrected chi connectivity index (χ1v) is 5.67. The monoisotopic (exact) mass is 303 g/mol. The number of anilines is 1. The molecule has 0 saturated carbocycles. The van der Waals surface area contributed by atoms with Gasteiger partial charge in [0.1, 0.15) is 5.82 Å². The lowest BCUT2D eigenvalue weighted by atomic mass is 10.4. The van der Waals surface area contributed by atoms with Gasteiger partial charge in [-0.2, -0.15) is 28.7 Å². The summed E-state index contributed by atoms with van der Waals surface area (Å²) in [5, 5.41) is 0.756. The zero-order valence-electron chi connectivity index (χ0n) is 9.82. The summed E-state index contributed by atoms with van der Waals surface area (Å²) in [5.74, 6) is -2.83. The highest BCUT2D eigenvalue weighted by Crippen LogP contribution is 2.24. The van der Waals surface area contributed by atoms with Crippen LogP contribution in [-0.4, -0.2) is 31.8 Å². The molecular formula is C10H7ClF3N6. The fourth-order valence-electron chi connectivity index (χ4n) is 1.26. The number of hydrazine groups is 1. The molecule has 1 aliphatic heterocycles. The molecule has 0 saturated heterocycles. The van der Waals surface area contributed by atoms with Crippen molar-refractivity contribution in [3.05, 3.63) is 36.3 Å². The molecule has 6 nitrogen and oxygen atoms in total. The van der Waals surface area contributed by atoms with E-state index >= 15 is 0 Å². The van der Waals surface area contributed by atoms with Gasteiger partial charge in [0.15, 0.2) is 17.7 Å². The summed E-state index contributed by atoms with van der Waals surface area (Å²) in [6.45, 7) is 3.46. The molecule has 0 fully saturated rings.